The lowest BCUT2D eigenvalue weighted by atomic mass is 9.85. The lowest BCUT2D eigenvalue weighted by Gasteiger charge is -2.39. The van der Waals surface area contributed by atoms with E-state index in [9.17, 15) is 0 Å². The van der Waals surface area contributed by atoms with Crippen LogP contribution >= 0.6 is 0 Å². The van der Waals surface area contributed by atoms with Crippen LogP contribution in [0, 0.1) is 0 Å². The Balaban J connectivity index is 2.96. The Kier molecular flexibility index (Phi) is 6.65. The quantitative estimate of drug-likeness (QED) is 0.537. The minimum Gasteiger partial charge on any atom is -0.374 e. The first-order valence-electron chi connectivity index (χ1n) is 7.68. The number of nitrogens with zero attached hydrogens (tertiary/aromatic N) is 2. The van der Waals surface area contributed by atoms with Crippen LogP contribution in [0.4, 0.5) is 0 Å². The normalized spacial score (nSPS) is 13.7. The molecule has 3 N–H and O–H groups in total. The topological polar surface area (TPSA) is 65.1 Å². The fourth-order valence-corrected chi connectivity index (χ4v) is 2.88. The highest BCUT2D eigenvalue weighted by Gasteiger charge is 2.36. The van der Waals surface area contributed by atoms with Crippen molar-refractivity contribution in [1.82, 2.24) is 15.2 Å². The molecule has 0 aliphatic rings. The van der Waals surface area contributed by atoms with Gasteiger partial charge in [0.1, 0.15) is 0 Å². The van der Waals surface area contributed by atoms with E-state index in [1.165, 1.54) is 5.69 Å². The number of hydrazine groups is 1. The Morgan fingerprint density at radius 2 is 2.00 bits per heavy atom. The third-order valence-electron chi connectivity index (χ3n) is 4.27. The Morgan fingerprint density at radius 3 is 2.40 bits per heavy atom. The molecule has 0 saturated heterocycles. The number of nitrogens with two attached hydrogens (primary N) is 1. The number of rotatable bonds is 9. The van der Waals surface area contributed by atoms with Gasteiger partial charge < -0.3 is 4.74 Å². The lowest BCUT2D eigenvalue weighted by molar-refractivity contribution is -0.0722. The summed E-state index contributed by atoms with van der Waals surface area (Å²) >= 11 is 0. The molecule has 0 saturated carbocycles. The Bertz CT molecular complexity index is 399. The van der Waals surface area contributed by atoms with Crippen molar-refractivity contribution in [3.63, 3.8) is 0 Å². The van der Waals surface area contributed by atoms with Gasteiger partial charge in [-0.2, -0.15) is 5.10 Å². The predicted octanol–water partition coefficient (Wildman–Crippen LogP) is 1.95. The fraction of sp³-hybridized carbons (Fsp3) is 0.800. The maximum Gasteiger partial charge on any atom is 0.0846 e. The van der Waals surface area contributed by atoms with E-state index in [-0.39, 0.29) is 11.6 Å². The largest absolute Gasteiger partial charge is 0.374 e. The summed E-state index contributed by atoms with van der Waals surface area (Å²) in [6.45, 7) is 9.17. The van der Waals surface area contributed by atoms with Crippen LogP contribution in [0.3, 0.4) is 0 Å². The SMILES string of the molecule is CCOC(CC)(CC)C(Cc1cc(CC)nn1C)NN. The van der Waals surface area contributed by atoms with Crippen molar-refractivity contribution in [1.29, 1.82) is 0 Å². The van der Waals surface area contributed by atoms with Crippen LogP contribution in [0.5, 0.6) is 0 Å². The molecule has 1 heterocycles. The molecule has 5 heteroatoms. The lowest BCUT2D eigenvalue weighted by Crippen LogP contribution is -2.55. The summed E-state index contributed by atoms with van der Waals surface area (Å²) < 4.78 is 8.00. The van der Waals surface area contributed by atoms with E-state index < -0.39 is 0 Å². The molecule has 0 amide bonds. The smallest absolute Gasteiger partial charge is 0.0846 e. The van der Waals surface area contributed by atoms with Crippen molar-refractivity contribution >= 4 is 0 Å². The molecule has 1 rings (SSSR count). The van der Waals surface area contributed by atoms with Crippen LogP contribution in [0.1, 0.15) is 51.9 Å². The zero-order valence-electron chi connectivity index (χ0n) is 13.6. The molecular weight excluding hydrogens is 252 g/mol. The molecule has 0 fully saturated rings. The molecule has 20 heavy (non-hydrogen) atoms. The van der Waals surface area contributed by atoms with E-state index in [4.69, 9.17) is 10.6 Å². The first-order chi connectivity index (χ1) is 9.56. The second-order valence-electron chi connectivity index (χ2n) is 5.23. The van der Waals surface area contributed by atoms with Crippen LogP contribution in [0.15, 0.2) is 6.07 Å². The monoisotopic (exact) mass is 282 g/mol. The zero-order valence-corrected chi connectivity index (χ0v) is 13.6. The van der Waals surface area contributed by atoms with Gasteiger partial charge in [-0.05, 0) is 32.3 Å². The number of ether oxygens (including phenoxy) is 1. The molecule has 1 aromatic rings. The number of aromatic nitrogens is 2. The van der Waals surface area contributed by atoms with Crippen molar-refractivity contribution in [2.45, 2.75) is 65.0 Å². The summed E-state index contributed by atoms with van der Waals surface area (Å²) in [6, 6.07) is 2.24. The van der Waals surface area contributed by atoms with Gasteiger partial charge in [0.05, 0.1) is 17.3 Å². The van der Waals surface area contributed by atoms with Gasteiger partial charge in [0, 0.05) is 25.8 Å². The van der Waals surface area contributed by atoms with E-state index in [2.05, 4.69) is 37.4 Å². The predicted molar refractivity (Wildman–Crippen MR) is 82.3 cm³/mol. The molecule has 5 nitrogen and oxygen atoms in total. The molecule has 1 atom stereocenters. The molecule has 1 aromatic heterocycles. The van der Waals surface area contributed by atoms with Gasteiger partial charge >= 0.3 is 0 Å². The van der Waals surface area contributed by atoms with Crippen molar-refractivity contribution in [2.75, 3.05) is 6.61 Å². The first kappa shape index (κ1) is 17.1. The highest BCUT2D eigenvalue weighted by molar-refractivity contribution is 5.13. The van der Waals surface area contributed by atoms with Gasteiger partial charge in [0.15, 0.2) is 0 Å². The molecule has 0 aliphatic heterocycles. The molecule has 116 valence electrons. The maximum absolute atomic E-state index is 6.05. The summed E-state index contributed by atoms with van der Waals surface area (Å²) in [6.07, 6.45) is 3.64. The number of hydrogen-bond acceptors (Lipinski definition) is 4. The van der Waals surface area contributed by atoms with E-state index in [1.807, 2.05) is 18.7 Å². The highest BCUT2D eigenvalue weighted by atomic mass is 16.5. The van der Waals surface area contributed by atoms with Crippen molar-refractivity contribution < 1.29 is 4.74 Å². The Hall–Kier alpha value is -0.910. The van der Waals surface area contributed by atoms with Gasteiger partial charge in [-0.1, -0.05) is 20.8 Å². The summed E-state index contributed by atoms with van der Waals surface area (Å²) in [5.41, 5.74) is 5.05. The minimum absolute atomic E-state index is 0.0811. The molecular formula is C15H30N4O. The maximum atomic E-state index is 6.05. The number of hydrogen-bond donors (Lipinski definition) is 2. The molecule has 0 spiro atoms. The highest BCUT2D eigenvalue weighted by Crippen LogP contribution is 2.27. The second-order valence-corrected chi connectivity index (χ2v) is 5.23. The van der Waals surface area contributed by atoms with Gasteiger partial charge in [0.25, 0.3) is 0 Å². The van der Waals surface area contributed by atoms with E-state index in [1.54, 1.807) is 0 Å². The molecule has 1 unspecified atom stereocenters. The van der Waals surface area contributed by atoms with Crippen LogP contribution in [0.2, 0.25) is 0 Å². The van der Waals surface area contributed by atoms with E-state index >= 15 is 0 Å². The summed E-state index contributed by atoms with van der Waals surface area (Å²) in [4.78, 5) is 0. The minimum atomic E-state index is -0.222. The molecule has 0 radical (unpaired) electrons. The van der Waals surface area contributed by atoms with E-state index in [0.29, 0.717) is 6.61 Å². The average molecular weight is 282 g/mol. The van der Waals surface area contributed by atoms with E-state index in [0.717, 1.165) is 31.4 Å². The van der Waals surface area contributed by atoms with Gasteiger partial charge in [-0.25, -0.2) is 0 Å². The van der Waals surface area contributed by atoms with Gasteiger partial charge in [0.2, 0.25) is 0 Å². The third kappa shape index (κ3) is 3.59. The number of nitrogens with one attached hydrogen (secondary N) is 1. The standard InChI is InChI=1S/C15H30N4O/c1-6-12-10-13(19(5)18-12)11-14(17-16)15(7-2,8-3)20-9-4/h10,14,17H,6-9,11,16H2,1-5H3. The zero-order chi connectivity index (χ0) is 15.2. The van der Waals surface area contributed by atoms with Gasteiger partial charge in [-0.15, -0.1) is 0 Å². The summed E-state index contributed by atoms with van der Waals surface area (Å²) in [5, 5.41) is 4.50. The summed E-state index contributed by atoms with van der Waals surface area (Å²) in [7, 11) is 1.99. The van der Waals surface area contributed by atoms with Crippen LogP contribution < -0.4 is 11.3 Å². The summed E-state index contributed by atoms with van der Waals surface area (Å²) in [5.74, 6) is 5.82. The number of aryl methyl sites for hydroxylation is 2. The van der Waals surface area contributed by atoms with Crippen molar-refractivity contribution in [2.24, 2.45) is 12.9 Å². The van der Waals surface area contributed by atoms with Crippen molar-refractivity contribution in [3.8, 4) is 0 Å². The molecule has 0 aliphatic carbocycles. The van der Waals surface area contributed by atoms with Crippen LogP contribution in [-0.4, -0.2) is 28.0 Å². The Morgan fingerprint density at radius 1 is 1.35 bits per heavy atom. The average Bonchev–Trinajstić information content (AvgIpc) is 2.83. The molecule has 0 aromatic carbocycles. The Labute approximate surface area is 122 Å². The van der Waals surface area contributed by atoms with Crippen LogP contribution in [-0.2, 0) is 24.6 Å². The second kappa shape index (κ2) is 7.76. The van der Waals surface area contributed by atoms with Crippen LogP contribution in [0.25, 0.3) is 0 Å². The third-order valence-corrected chi connectivity index (χ3v) is 4.27. The van der Waals surface area contributed by atoms with Gasteiger partial charge in [-0.3, -0.25) is 16.0 Å². The molecule has 0 bridgehead atoms. The fourth-order valence-electron chi connectivity index (χ4n) is 2.88. The first-order valence-corrected chi connectivity index (χ1v) is 7.68. The van der Waals surface area contributed by atoms with Crippen molar-refractivity contribution in [3.05, 3.63) is 17.5 Å².